The molecule has 8 nitrogen and oxygen atoms in total. The first-order valence-electron chi connectivity index (χ1n) is 9.86. The molecule has 0 bridgehead atoms. The topological polar surface area (TPSA) is 94.5 Å². The van der Waals surface area contributed by atoms with Crippen LogP contribution in [0.4, 0.5) is 0 Å². The van der Waals surface area contributed by atoms with E-state index in [4.69, 9.17) is 18.9 Å². The monoisotopic (exact) mass is 425 g/mol. The molecule has 2 aromatic rings. The molecule has 31 heavy (non-hydrogen) atoms. The maximum absolute atomic E-state index is 13.0. The number of likely N-dealkylation sites (tertiary alicyclic amines) is 1. The number of nitrogens with zero attached hydrogens (tertiary/aromatic N) is 1. The predicted octanol–water partition coefficient (Wildman–Crippen LogP) is 2.53. The maximum Gasteiger partial charge on any atom is 0.295 e. The summed E-state index contributed by atoms with van der Waals surface area (Å²) in [5.74, 6) is -0.0123. The highest BCUT2D eigenvalue weighted by Crippen LogP contribution is 2.41. The number of ether oxygens (including phenoxy) is 4. The number of aliphatic hydroxyl groups excluding tert-OH is 1. The SMILES string of the molecule is COCCN1C(=O)C(=O)/C(=C(/O)c2ccc3c(c2)OCCO3)[C@H]1c1ccc(OC)cc1. The largest absolute Gasteiger partial charge is 0.507 e. The molecule has 1 N–H and O–H groups in total. The summed E-state index contributed by atoms with van der Waals surface area (Å²) in [7, 11) is 3.08. The summed E-state index contributed by atoms with van der Waals surface area (Å²) in [5, 5.41) is 11.1. The van der Waals surface area contributed by atoms with Gasteiger partial charge in [-0.25, -0.2) is 0 Å². The zero-order valence-corrected chi connectivity index (χ0v) is 17.3. The molecule has 0 saturated carbocycles. The first kappa shape index (κ1) is 20.7. The van der Waals surface area contributed by atoms with Gasteiger partial charge in [0.2, 0.25) is 0 Å². The Hall–Kier alpha value is -3.52. The molecule has 1 fully saturated rings. The maximum atomic E-state index is 13.0. The molecule has 4 rings (SSSR count). The van der Waals surface area contributed by atoms with Crippen molar-refractivity contribution in [2.24, 2.45) is 0 Å². The molecule has 8 heteroatoms. The molecule has 162 valence electrons. The lowest BCUT2D eigenvalue weighted by molar-refractivity contribution is -0.140. The first-order valence-corrected chi connectivity index (χ1v) is 9.86. The molecule has 1 saturated heterocycles. The number of aliphatic hydroxyl groups is 1. The molecule has 2 aromatic carbocycles. The fourth-order valence-corrected chi connectivity index (χ4v) is 3.78. The van der Waals surface area contributed by atoms with E-state index < -0.39 is 17.7 Å². The minimum absolute atomic E-state index is 0.0166. The highest BCUT2D eigenvalue weighted by Gasteiger charge is 2.45. The summed E-state index contributed by atoms with van der Waals surface area (Å²) in [5.41, 5.74) is 1.06. The third-order valence-electron chi connectivity index (χ3n) is 5.32. The third-order valence-corrected chi connectivity index (χ3v) is 5.32. The van der Waals surface area contributed by atoms with Gasteiger partial charge < -0.3 is 29.0 Å². The zero-order chi connectivity index (χ0) is 22.0. The summed E-state index contributed by atoms with van der Waals surface area (Å²) in [4.78, 5) is 27.2. The van der Waals surface area contributed by atoms with Gasteiger partial charge in [-0.3, -0.25) is 9.59 Å². The van der Waals surface area contributed by atoms with Crippen molar-refractivity contribution in [1.29, 1.82) is 0 Å². The number of Topliss-reactive ketones (excluding diaryl/α,β-unsaturated/α-hetero) is 1. The van der Waals surface area contributed by atoms with E-state index in [-0.39, 0.29) is 24.5 Å². The average molecular weight is 425 g/mol. The fraction of sp³-hybridized carbons (Fsp3) is 0.304. The number of hydrogen-bond donors (Lipinski definition) is 1. The van der Waals surface area contributed by atoms with Crippen LogP contribution in [0.2, 0.25) is 0 Å². The Kier molecular flexibility index (Phi) is 5.81. The van der Waals surface area contributed by atoms with Gasteiger partial charge in [0, 0.05) is 19.2 Å². The van der Waals surface area contributed by atoms with Crippen LogP contribution in [-0.4, -0.2) is 62.3 Å². The van der Waals surface area contributed by atoms with Crippen molar-refractivity contribution >= 4 is 17.4 Å². The van der Waals surface area contributed by atoms with E-state index in [1.54, 1.807) is 49.6 Å². The highest BCUT2D eigenvalue weighted by atomic mass is 16.6. The molecular formula is C23H23NO7. The standard InChI is InChI=1S/C23H23NO7/c1-28-10-9-24-20(14-3-6-16(29-2)7-4-14)19(22(26)23(24)27)21(25)15-5-8-17-18(13-15)31-12-11-30-17/h3-8,13,20,25H,9-12H2,1-2H3/b21-19+/t20-/m1/s1. The summed E-state index contributed by atoms with van der Waals surface area (Å²) < 4.78 is 21.4. The Morgan fingerprint density at radius 1 is 1.06 bits per heavy atom. The van der Waals surface area contributed by atoms with Gasteiger partial charge in [-0.15, -0.1) is 0 Å². The lowest BCUT2D eigenvalue weighted by Gasteiger charge is -2.25. The summed E-state index contributed by atoms with van der Waals surface area (Å²) in [6.45, 7) is 1.30. The van der Waals surface area contributed by atoms with Crippen LogP contribution in [0.5, 0.6) is 17.2 Å². The van der Waals surface area contributed by atoms with Crippen LogP contribution in [0, 0.1) is 0 Å². The fourth-order valence-electron chi connectivity index (χ4n) is 3.78. The quantitative estimate of drug-likeness (QED) is 0.432. The number of amides is 1. The number of carbonyl (C=O) groups excluding carboxylic acids is 2. The van der Waals surface area contributed by atoms with Crippen LogP contribution < -0.4 is 14.2 Å². The normalized spacial score (nSPS) is 19.5. The Morgan fingerprint density at radius 3 is 2.45 bits per heavy atom. The van der Waals surface area contributed by atoms with Gasteiger partial charge in [0.15, 0.2) is 11.5 Å². The van der Waals surface area contributed by atoms with E-state index in [1.807, 2.05) is 0 Å². The third kappa shape index (κ3) is 3.82. The molecule has 0 radical (unpaired) electrons. The van der Waals surface area contributed by atoms with Crippen molar-refractivity contribution < 1.29 is 33.6 Å². The van der Waals surface area contributed by atoms with Crippen LogP contribution >= 0.6 is 0 Å². The summed E-state index contributed by atoms with van der Waals surface area (Å²) >= 11 is 0. The Labute approximate surface area is 179 Å². The first-order chi connectivity index (χ1) is 15.0. The molecule has 0 unspecified atom stereocenters. The molecule has 0 aromatic heterocycles. The van der Waals surface area contributed by atoms with E-state index in [2.05, 4.69) is 0 Å². The van der Waals surface area contributed by atoms with Crippen molar-refractivity contribution in [1.82, 2.24) is 4.90 Å². The molecule has 1 atom stereocenters. The molecule has 2 aliphatic rings. The minimum Gasteiger partial charge on any atom is -0.507 e. The number of benzene rings is 2. The average Bonchev–Trinajstić information content (AvgIpc) is 3.06. The number of rotatable bonds is 6. The predicted molar refractivity (Wildman–Crippen MR) is 111 cm³/mol. The molecular weight excluding hydrogens is 402 g/mol. The molecule has 1 amide bonds. The van der Waals surface area contributed by atoms with Crippen LogP contribution in [0.1, 0.15) is 17.2 Å². The van der Waals surface area contributed by atoms with E-state index in [0.29, 0.717) is 41.6 Å². The van der Waals surface area contributed by atoms with Crippen LogP contribution in [0.15, 0.2) is 48.0 Å². The number of fused-ring (bicyclic) bond motifs is 1. The van der Waals surface area contributed by atoms with Crippen LogP contribution in [0.3, 0.4) is 0 Å². The van der Waals surface area contributed by atoms with E-state index in [1.165, 1.54) is 12.0 Å². The summed E-state index contributed by atoms with van der Waals surface area (Å²) in [6.07, 6.45) is 0. The zero-order valence-electron chi connectivity index (χ0n) is 17.3. The smallest absolute Gasteiger partial charge is 0.295 e. The number of ketones is 1. The van der Waals surface area contributed by atoms with E-state index >= 15 is 0 Å². The van der Waals surface area contributed by atoms with Gasteiger partial charge in [0.1, 0.15) is 24.7 Å². The van der Waals surface area contributed by atoms with Gasteiger partial charge >= 0.3 is 0 Å². The van der Waals surface area contributed by atoms with Crippen molar-refractivity contribution in [2.45, 2.75) is 6.04 Å². The molecule has 2 heterocycles. The lowest BCUT2D eigenvalue weighted by atomic mass is 9.95. The van der Waals surface area contributed by atoms with Gasteiger partial charge in [-0.05, 0) is 35.9 Å². The van der Waals surface area contributed by atoms with Crippen molar-refractivity contribution in [2.75, 3.05) is 40.6 Å². The Bertz CT molecular complexity index is 1030. The number of methoxy groups -OCH3 is 2. The van der Waals surface area contributed by atoms with Gasteiger partial charge in [0.05, 0.1) is 25.3 Å². The van der Waals surface area contributed by atoms with Crippen molar-refractivity contribution in [3.63, 3.8) is 0 Å². The van der Waals surface area contributed by atoms with E-state index in [9.17, 15) is 14.7 Å². The number of hydrogen-bond acceptors (Lipinski definition) is 7. The lowest BCUT2D eigenvalue weighted by Crippen LogP contribution is -2.32. The molecule has 2 aliphatic heterocycles. The number of carbonyl (C=O) groups is 2. The van der Waals surface area contributed by atoms with Gasteiger partial charge in [0.25, 0.3) is 11.7 Å². The van der Waals surface area contributed by atoms with Crippen molar-refractivity contribution in [3.8, 4) is 17.2 Å². The molecule has 0 aliphatic carbocycles. The van der Waals surface area contributed by atoms with Gasteiger partial charge in [-0.2, -0.15) is 0 Å². The Morgan fingerprint density at radius 2 is 1.77 bits per heavy atom. The second-order valence-electron chi connectivity index (χ2n) is 7.12. The Balaban J connectivity index is 1.81. The summed E-state index contributed by atoms with van der Waals surface area (Å²) in [6, 6.07) is 11.2. The molecule has 0 spiro atoms. The van der Waals surface area contributed by atoms with E-state index in [0.717, 1.165) is 0 Å². The van der Waals surface area contributed by atoms with Gasteiger partial charge in [-0.1, -0.05) is 12.1 Å². The second kappa shape index (κ2) is 8.69. The second-order valence-corrected chi connectivity index (χ2v) is 7.12. The minimum atomic E-state index is -0.755. The van der Waals surface area contributed by atoms with Crippen LogP contribution in [0.25, 0.3) is 5.76 Å². The van der Waals surface area contributed by atoms with Crippen LogP contribution in [-0.2, 0) is 14.3 Å². The van der Waals surface area contributed by atoms with Crippen molar-refractivity contribution in [3.05, 3.63) is 59.2 Å². The highest BCUT2D eigenvalue weighted by molar-refractivity contribution is 6.46.